The number of hydrogen-bond acceptors (Lipinski definition) is 2. The van der Waals surface area contributed by atoms with Gasteiger partial charge in [-0.3, -0.25) is 0 Å². The van der Waals surface area contributed by atoms with Crippen molar-refractivity contribution in [3.8, 4) is 0 Å². The van der Waals surface area contributed by atoms with Gasteiger partial charge in [0.25, 0.3) is 0 Å². The van der Waals surface area contributed by atoms with E-state index >= 15 is 0 Å². The molecule has 0 aromatic heterocycles. The summed E-state index contributed by atoms with van der Waals surface area (Å²) in [6.07, 6.45) is 1.06. The number of nitrogens with zero attached hydrogens (tertiary/aromatic N) is 1. The smallest absolute Gasteiger partial charge is 0.0471 e. The SMILES string of the molecule is CC.CC.CCC(CO)CN(C)C. The number of hydrogen-bond donors (Lipinski definition) is 1. The largest absolute Gasteiger partial charge is 0.396 e. The first kappa shape index (κ1) is 18.7. The molecule has 0 aromatic rings. The summed E-state index contributed by atoms with van der Waals surface area (Å²) in [6.45, 7) is 11.4. The van der Waals surface area contributed by atoms with E-state index in [2.05, 4.69) is 11.8 Å². The molecule has 0 spiro atoms. The third-order valence-electron chi connectivity index (χ3n) is 1.46. The molecule has 0 aliphatic rings. The highest BCUT2D eigenvalue weighted by molar-refractivity contribution is 4.56. The molecule has 0 bridgehead atoms. The molecule has 0 radical (unpaired) electrons. The van der Waals surface area contributed by atoms with E-state index in [1.54, 1.807) is 0 Å². The second-order valence-electron chi connectivity index (χ2n) is 2.72. The molecule has 0 rings (SSSR count). The van der Waals surface area contributed by atoms with Crippen molar-refractivity contribution < 1.29 is 5.11 Å². The van der Waals surface area contributed by atoms with E-state index in [1.165, 1.54) is 0 Å². The molecule has 84 valence electrons. The number of aliphatic hydroxyl groups is 1. The van der Waals surface area contributed by atoms with Crippen LogP contribution in [-0.4, -0.2) is 37.3 Å². The Morgan fingerprint density at radius 3 is 1.54 bits per heavy atom. The molecular formula is C11H29NO. The van der Waals surface area contributed by atoms with Crippen LogP contribution in [0.15, 0.2) is 0 Å². The Balaban J connectivity index is -0.000000218. The average molecular weight is 191 g/mol. The monoisotopic (exact) mass is 191 g/mol. The Kier molecular flexibility index (Phi) is 25.6. The molecule has 13 heavy (non-hydrogen) atoms. The third-order valence-corrected chi connectivity index (χ3v) is 1.46. The predicted molar refractivity (Wildman–Crippen MR) is 62.1 cm³/mol. The van der Waals surface area contributed by atoms with Crippen LogP contribution in [0.2, 0.25) is 0 Å². The molecule has 0 saturated heterocycles. The van der Waals surface area contributed by atoms with E-state index in [1.807, 2.05) is 41.8 Å². The quantitative estimate of drug-likeness (QED) is 0.738. The van der Waals surface area contributed by atoms with Crippen LogP contribution >= 0.6 is 0 Å². The van der Waals surface area contributed by atoms with Crippen LogP contribution in [0.1, 0.15) is 41.0 Å². The van der Waals surface area contributed by atoms with Crippen molar-refractivity contribution in [3.63, 3.8) is 0 Å². The summed E-state index contributed by atoms with van der Waals surface area (Å²) < 4.78 is 0. The van der Waals surface area contributed by atoms with E-state index in [0.29, 0.717) is 12.5 Å². The lowest BCUT2D eigenvalue weighted by atomic mass is 10.1. The number of rotatable bonds is 4. The van der Waals surface area contributed by atoms with Gasteiger partial charge < -0.3 is 10.0 Å². The van der Waals surface area contributed by atoms with Crippen LogP contribution in [-0.2, 0) is 0 Å². The van der Waals surface area contributed by atoms with Gasteiger partial charge in [-0.05, 0) is 26.4 Å². The first-order valence-electron chi connectivity index (χ1n) is 5.46. The minimum absolute atomic E-state index is 0.314. The van der Waals surface area contributed by atoms with Gasteiger partial charge in [-0.15, -0.1) is 0 Å². The van der Waals surface area contributed by atoms with Crippen molar-refractivity contribution in [2.75, 3.05) is 27.2 Å². The van der Waals surface area contributed by atoms with Crippen LogP contribution in [0.4, 0.5) is 0 Å². The van der Waals surface area contributed by atoms with Gasteiger partial charge in [0.15, 0.2) is 0 Å². The van der Waals surface area contributed by atoms with Gasteiger partial charge in [-0.25, -0.2) is 0 Å². The van der Waals surface area contributed by atoms with E-state index in [4.69, 9.17) is 5.11 Å². The van der Waals surface area contributed by atoms with Gasteiger partial charge in [0.2, 0.25) is 0 Å². The fraction of sp³-hybridized carbons (Fsp3) is 1.00. The summed E-state index contributed by atoms with van der Waals surface area (Å²) in [5.41, 5.74) is 0. The van der Waals surface area contributed by atoms with Crippen LogP contribution in [0.25, 0.3) is 0 Å². The molecule has 0 amide bonds. The molecule has 0 aliphatic heterocycles. The molecule has 2 heteroatoms. The summed E-state index contributed by atoms with van der Waals surface area (Å²) in [5, 5.41) is 8.75. The van der Waals surface area contributed by atoms with E-state index < -0.39 is 0 Å². The molecule has 0 aliphatic carbocycles. The first-order chi connectivity index (χ1) is 6.20. The maximum Gasteiger partial charge on any atom is 0.0471 e. The van der Waals surface area contributed by atoms with Crippen molar-refractivity contribution in [2.24, 2.45) is 5.92 Å². The predicted octanol–water partition coefficient (Wildman–Crippen LogP) is 2.62. The normalized spacial score (nSPS) is 10.8. The highest BCUT2D eigenvalue weighted by atomic mass is 16.3. The zero-order valence-electron chi connectivity index (χ0n) is 10.6. The zero-order chi connectivity index (χ0) is 11.3. The van der Waals surface area contributed by atoms with E-state index in [0.717, 1.165) is 13.0 Å². The highest BCUT2D eigenvalue weighted by Gasteiger charge is 2.03. The Bertz CT molecular complexity index is 61.1. The van der Waals surface area contributed by atoms with Crippen molar-refractivity contribution in [3.05, 3.63) is 0 Å². The van der Waals surface area contributed by atoms with Gasteiger partial charge in [-0.2, -0.15) is 0 Å². The van der Waals surface area contributed by atoms with Crippen LogP contribution in [0.3, 0.4) is 0 Å². The zero-order valence-corrected chi connectivity index (χ0v) is 10.6. The topological polar surface area (TPSA) is 23.5 Å². The molecule has 0 fully saturated rings. The summed E-state index contributed by atoms with van der Waals surface area (Å²) in [5.74, 6) is 0.458. The molecule has 2 nitrogen and oxygen atoms in total. The maximum atomic E-state index is 8.75. The van der Waals surface area contributed by atoms with Crippen molar-refractivity contribution in [2.45, 2.75) is 41.0 Å². The molecule has 0 saturated carbocycles. The lowest BCUT2D eigenvalue weighted by Gasteiger charge is -2.16. The Labute approximate surface area is 85.0 Å². The van der Waals surface area contributed by atoms with Gasteiger partial charge in [-0.1, -0.05) is 34.6 Å². The second kappa shape index (κ2) is 17.9. The second-order valence-corrected chi connectivity index (χ2v) is 2.72. The van der Waals surface area contributed by atoms with Crippen molar-refractivity contribution >= 4 is 0 Å². The summed E-state index contributed by atoms with van der Waals surface area (Å²) in [7, 11) is 4.05. The molecule has 0 heterocycles. The summed E-state index contributed by atoms with van der Waals surface area (Å²) in [6, 6.07) is 0. The fourth-order valence-electron chi connectivity index (χ4n) is 0.832. The Morgan fingerprint density at radius 2 is 1.46 bits per heavy atom. The Hall–Kier alpha value is -0.0800. The van der Waals surface area contributed by atoms with Crippen molar-refractivity contribution in [1.82, 2.24) is 4.90 Å². The minimum atomic E-state index is 0.314. The molecule has 0 aromatic carbocycles. The van der Waals surface area contributed by atoms with E-state index in [9.17, 15) is 0 Å². The van der Waals surface area contributed by atoms with Crippen molar-refractivity contribution in [1.29, 1.82) is 0 Å². The summed E-state index contributed by atoms with van der Waals surface area (Å²) >= 11 is 0. The van der Waals surface area contributed by atoms with Crippen LogP contribution < -0.4 is 0 Å². The van der Waals surface area contributed by atoms with Gasteiger partial charge >= 0.3 is 0 Å². The van der Waals surface area contributed by atoms with Gasteiger partial charge in [0, 0.05) is 13.2 Å². The van der Waals surface area contributed by atoms with E-state index in [-0.39, 0.29) is 0 Å². The standard InChI is InChI=1S/C7H17NO.2C2H6/c1-4-7(6-9)5-8(2)3;2*1-2/h7,9H,4-6H2,1-3H3;2*1-2H3. The Morgan fingerprint density at radius 1 is 1.08 bits per heavy atom. The maximum absolute atomic E-state index is 8.75. The van der Waals surface area contributed by atoms with Crippen LogP contribution in [0, 0.1) is 5.92 Å². The minimum Gasteiger partial charge on any atom is -0.396 e. The lowest BCUT2D eigenvalue weighted by Crippen LogP contribution is -2.23. The first-order valence-corrected chi connectivity index (χ1v) is 5.46. The molecular weight excluding hydrogens is 162 g/mol. The highest BCUT2D eigenvalue weighted by Crippen LogP contribution is 2.00. The van der Waals surface area contributed by atoms with Crippen LogP contribution in [0.5, 0.6) is 0 Å². The summed E-state index contributed by atoms with van der Waals surface area (Å²) in [4.78, 5) is 2.10. The number of aliphatic hydroxyl groups excluding tert-OH is 1. The molecule has 1 atom stereocenters. The molecule has 1 unspecified atom stereocenters. The lowest BCUT2D eigenvalue weighted by molar-refractivity contribution is 0.189. The third kappa shape index (κ3) is 18.7. The van der Waals surface area contributed by atoms with Gasteiger partial charge in [0.1, 0.15) is 0 Å². The molecule has 1 N–H and O–H groups in total. The van der Waals surface area contributed by atoms with Gasteiger partial charge in [0.05, 0.1) is 0 Å². The average Bonchev–Trinajstić information content (AvgIpc) is 2.20. The fourth-order valence-corrected chi connectivity index (χ4v) is 0.832.